The molecule has 0 radical (unpaired) electrons. The van der Waals surface area contributed by atoms with E-state index in [0.717, 1.165) is 22.6 Å². The van der Waals surface area contributed by atoms with Crippen molar-refractivity contribution >= 4 is 17.6 Å². The zero-order valence-electron chi connectivity index (χ0n) is 20.2. The van der Waals surface area contributed by atoms with Gasteiger partial charge in [0.25, 0.3) is 5.91 Å². The molecule has 0 fully saturated rings. The van der Waals surface area contributed by atoms with Gasteiger partial charge in [-0.25, -0.2) is 14.2 Å². The fourth-order valence-electron chi connectivity index (χ4n) is 3.88. The number of rotatable bonds is 11. The number of methoxy groups -OCH3 is 1. The summed E-state index contributed by atoms with van der Waals surface area (Å²) < 4.78 is 18.8. The number of carbonyl (C=O) groups is 2. The summed E-state index contributed by atoms with van der Waals surface area (Å²) in [5.74, 6) is -1.16. The third kappa shape index (κ3) is 6.94. The van der Waals surface area contributed by atoms with Crippen molar-refractivity contribution in [3.05, 3.63) is 114 Å². The highest BCUT2D eigenvalue weighted by Gasteiger charge is 2.22. The van der Waals surface area contributed by atoms with E-state index in [9.17, 15) is 19.1 Å². The lowest BCUT2D eigenvalue weighted by Crippen LogP contribution is -2.42. The predicted octanol–water partition coefficient (Wildman–Crippen LogP) is 4.19. The molecule has 1 amide bonds. The van der Waals surface area contributed by atoms with Crippen molar-refractivity contribution in [1.82, 2.24) is 15.3 Å². The van der Waals surface area contributed by atoms with Crippen LogP contribution in [0.5, 0.6) is 5.75 Å². The molecule has 4 aromatic rings. The maximum Gasteiger partial charge on any atom is 0.326 e. The number of ether oxygens (including phenoxy) is 1. The summed E-state index contributed by atoms with van der Waals surface area (Å²) in [5.41, 5.74) is 3.80. The molecule has 0 saturated heterocycles. The maximum absolute atomic E-state index is 13.5. The second-order valence-electron chi connectivity index (χ2n) is 8.52. The van der Waals surface area contributed by atoms with Crippen molar-refractivity contribution in [2.45, 2.75) is 25.6 Å². The van der Waals surface area contributed by atoms with E-state index >= 15 is 0 Å². The van der Waals surface area contributed by atoms with Gasteiger partial charge in [-0.1, -0.05) is 24.3 Å². The Bertz CT molecular complexity index is 1310. The minimum absolute atomic E-state index is 0.0944. The van der Waals surface area contributed by atoms with Gasteiger partial charge in [0.1, 0.15) is 17.6 Å². The second kappa shape index (κ2) is 11.9. The summed E-state index contributed by atoms with van der Waals surface area (Å²) in [6.07, 6.45) is 3.07. The zero-order valence-corrected chi connectivity index (χ0v) is 20.2. The van der Waals surface area contributed by atoms with E-state index in [4.69, 9.17) is 4.74 Å². The lowest BCUT2D eigenvalue weighted by molar-refractivity contribution is -0.139. The van der Waals surface area contributed by atoms with E-state index in [2.05, 4.69) is 20.2 Å². The van der Waals surface area contributed by atoms with Crippen molar-refractivity contribution in [2.24, 2.45) is 0 Å². The van der Waals surface area contributed by atoms with Gasteiger partial charge in [-0.2, -0.15) is 0 Å². The Morgan fingerprint density at radius 1 is 1.00 bits per heavy atom. The first-order valence-electron chi connectivity index (χ1n) is 11.6. The summed E-state index contributed by atoms with van der Waals surface area (Å²) in [6, 6.07) is 19.9. The summed E-state index contributed by atoms with van der Waals surface area (Å²) in [7, 11) is 1.62. The number of benzene rings is 3. The second-order valence-corrected chi connectivity index (χ2v) is 8.52. The van der Waals surface area contributed by atoms with Crippen LogP contribution in [0.25, 0.3) is 0 Å². The van der Waals surface area contributed by atoms with Gasteiger partial charge in [-0.05, 0) is 59.7 Å². The van der Waals surface area contributed by atoms with Gasteiger partial charge in [0.15, 0.2) is 0 Å². The van der Waals surface area contributed by atoms with E-state index in [-0.39, 0.29) is 12.2 Å². The van der Waals surface area contributed by atoms with Gasteiger partial charge in [0.2, 0.25) is 0 Å². The largest absolute Gasteiger partial charge is 0.497 e. The molecule has 9 heteroatoms. The summed E-state index contributed by atoms with van der Waals surface area (Å²) in [6.45, 7) is 1.09. The van der Waals surface area contributed by atoms with E-state index in [0.29, 0.717) is 24.3 Å². The first-order valence-corrected chi connectivity index (χ1v) is 11.6. The number of aromatic amines is 1. The number of anilines is 1. The Balaban J connectivity index is 1.46. The van der Waals surface area contributed by atoms with Crippen LogP contribution in [0.3, 0.4) is 0 Å². The van der Waals surface area contributed by atoms with Gasteiger partial charge in [0, 0.05) is 42.7 Å². The number of nitrogens with one attached hydrogen (secondary N) is 2. The average Bonchev–Trinajstić information content (AvgIpc) is 3.42. The third-order valence-electron chi connectivity index (χ3n) is 5.90. The number of aliphatic carboxylic acids is 1. The van der Waals surface area contributed by atoms with E-state index in [1.54, 1.807) is 31.4 Å². The number of carboxylic acids is 1. The number of imidazole rings is 1. The molecule has 8 nitrogen and oxygen atoms in total. The Morgan fingerprint density at radius 2 is 1.62 bits per heavy atom. The van der Waals surface area contributed by atoms with Crippen LogP contribution in [0.2, 0.25) is 0 Å². The van der Waals surface area contributed by atoms with Crippen molar-refractivity contribution < 1.29 is 23.8 Å². The molecular formula is C28H27FN4O4. The number of hydrogen-bond donors (Lipinski definition) is 3. The van der Waals surface area contributed by atoms with Crippen molar-refractivity contribution in [3.8, 4) is 5.75 Å². The Morgan fingerprint density at radius 3 is 2.16 bits per heavy atom. The molecule has 190 valence electrons. The van der Waals surface area contributed by atoms with Crippen molar-refractivity contribution in [1.29, 1.82) is 0 Å². The number of carbonyl (C=O) groups excluding carboxylic acids is 1. The van der Waals surface area contributed by atoms with Gasteiger partial charge in [-0.3, -0.25) is 4.79 Å². The molecule has 1 unspecified atom stereocenters. The third-order valence-corrected chi connectivity index (χ3v) is 5.90. The number of aromatic nitrogens is 2. The highest BCUT2D eigenvalue weighted by atomic mass is 19.1. The van der Waals surface area contributed by atoms with E-state index in [1.165, 1.54) is 24.7 Å². The number of amides is 1. The molecule has 3 aromatic carbocycles. The molecule has 1 heterocycles. The van der Waals surface area contributed by atoms with Crippen molar-refractivity contribution in [2.75, 3.05) is 12.0 Å². The number of halogens is 1. The highest BCUT2D eigenvalue weighted by Crippen LogP contribution is 2.22. The number of carboxylic acid groups (broad SMARTS) is 1. The monoisotopic (exact) mass is 502 g/mol. The molecule has 0 bridgehead atoms. The Hall–Kier alpha value is -4.66. The maximum atomic E-state index is 13.5. The van der Waals surface area contributed by atoms with Crippen LogP contribution in [-0.2, 0) is 24.3 Å². The minimum Gasteiger partial charge on any atom is -0.497 e. The summed E-state index contributed by atoms with van der Waals surface area (Å²) >= 11 is 0. The summed E-state index contributed by atoms with van der Waals surface area (Å²) in [4.78, 5) is 33.2. The lowest BCUT2D eigenvalue weighted by Gasteiger charge is -2.25. The molecular weight excluding hydrogens is 475 g/mol. The topological polar surface area (TPSA) is 108 Å². The fourth-order valence-corrected chi connectivity index (χ4v) is 3.88. The molecule has 0 aliphatic rings. The number of H-pyrrole nitrogens is 1. The molecule has 1 aromatic heterocycles. The number of hydrogen-bond acceptors (Lipinski definition) is 5. The van der Waals surface area contributed by atoms with Crippen LogP contribution in [0.1, 0.15) is 27.2 Å². The summed E-state index contributed by atoms with van der Waals surface area (Å²) in [5, 5.41) is 12.1. The van der Waals surface area contributed by atoms with Crippen LogP contribution >= 0.6 is 0 Å². The standard InChI is InChI=1S/C28H27FN4O4/c1-37-25-12-4-20(5-13-25)17-33(24-10-8-22(29)9-11-24)16-19-2-6-21(7-3-19)27(34)32-26(28(35)36)14-23-15-30-18-31-23/h2-13,15,18,26H,14,16-17H2,1H3,(H,30,31)(H,32,34)(H,35,36). The highest BCUT2D eigenvalue weighted by molar-refractivity contribution is 5.96. The number of nitrogens with zero attached hydrogens (tertiary/aromatic N) is 2. The Kier molecular flexibility index (Phi) is 8.15. The van der Waals surface area contributed by atoms with Gasteiger partial charge < -0.3 is 25.0 Å². The van der Waals surface area contributed by atoms with Crippen molar-refractivity contribution in [3.63, 3.8) is 0 Å². The average molecular weight is 503 g/mol. The van der Waals surface area contributed by atoms with E-state index < -0.39 is 17.9 Å². The van der Waals surface area contributed by atoms with Crippen LogP contribution in [0, 0.1) is 5.82 Å². The van der Waals surface area contributed by atoms with Crippen LogP contribution < -0.4 is 15.0 Å². The Labute approximate surface area is 213 Å². The first kappa shape index (κ1) is 25.4. The van der Waals surface area contributed by atoms with Crippen LogP contribution in [0.4, 0.5) is 10.1 Å². The molecule has 0 aliphatic heterocycles. The fraction of sp³-hybridized carbons (Fsp3) is 0.179. The molecule has 1 atom stereocenters. The quantitative estimate of drug-likeness (QED) is 0.284. The first-order chi connectivity index (χ1) is 17.9. The predicted molar refractivity (Wildman–Crippen MR) is 137 cm³/mol. The van der Waals surface area contributed by atoms with Crippen LogP contribution in [-0.4, -0.2) is 40.1 Å². The SMILES string of the molecule is COc1ccc(CN(Cc2ccc(C(=O)NC(Cc3cnc[nH]3)C(=O)O)cc2)c2ccc(F)cc2)cc1. The van der Waals surface area contributed by atoms with Gasteiger partial charge in [0.05, 0.1) is 13.4 Å². The van der Waals surface area contributed by atoms with E-state index in [1.807, 2.05) is 36.4 Å². The van der Waals surface area contributed by atoms with Gasteiger partial charge >= 0.3 is 5.97 Å². The molecule has 0 spiro atoms. The minimum atomic E-state index is -1.13. The normalized spacial score (nSPS) is 11.5. The molecule has 0 aliphatic carbocycles. The van der Waals surface area contributed by atoms with Crippen LogP contribution in [0.15, 0.2) is 85.3 Å². The zero-order chi connectivity index (χ0) is 26.2. The smallest absolute Gasteiger partial charge is 0.326 e. The molecule has 3 N–H and O–H groups in total. The molecule has 0 saturated carbocycles. The molecule has 37 heavy (non-hydrogen) atoms. The molecule has 4 rings (SSSR count). The lowest BCUT2D eigenvalue weighted by atomic mass is 10.1. The van der Waals surface area contributed by atoms with Gasteiger partial charge in [-0.15, -0.1) is 0 Å².